The van der Waals surface area contributed by atoms with E-state index in [1.807, 2.05) is 26.8 Å². The SMILES string of the molecule is CCOc1cc(C2/C(=C(\O)c3cccc([N+](=O)[O-])c3)C(=O)C(=O)N2c2ccc(C)c(C)c2)ccc1OC. The number of non-ortho nitro benzene ring substituents is 1. The molecule has 1 amide bonds. The molecule has 1 saturated heterocycles. The van der Waals surface area contributed by atoms with E-state index in [1.165, 1.54) is 30.2 Å². The van der Waals surface area contributed by atoms with E-state index in [9.17, 15) is 24.8 Å². The second kappa shape index (κ2) is 10.1. The number of rotatable bonds is 7. The molecule has 1 unspecified atom stereocenters. The molecule has 1 N–H and O–H groups in total. The summed E-state index contributed by atoms with van der Waals surface area (Å²) >= 11 is 0. The van der Waals surface area contributed by atoms with Crippen LogP contribution in [0.3, 0.4) is 0 Å². The topological polar surface area (TPSA) is 119 Å². The van der Waals surface area contributed by atoms with Gasteiger partial charge in [0.2, 0.25) is 0 Å². The van der Waals surface area contributed by atoms with E-state index >= 15 is 0 Å². The normalized spacial score (nSPS) is 16.6. The van der Waals surface area contributed by atoms with Gasteiger partial charge in [-0.15, -0.1) is 0 Å². The number of hydrogen-bond acceptors (Lipinski definition) is 7. The fourth-order valence-corrected chi connectivity index (χ4v) is 4.34. The number of carbonyl (C=O) groups excluding carboxylic acids is 2. The maximum Gasteiger partial charge on any atom is 0.300 e. The van der Waals surface area contributed by atoms with E-state index in [0.717, 1.165) is 17.2 Å². The lowest BCUT2D eigenvalue weighted by Gasteiger charge is -2.26. The fourth-order valence-electron chi connectivity index (χ4n) is 4.34. The number of aliphatic hydroxyl groups is 1. The maximum absolute atomic E-state index is 13.4. The van der Waals surface area contributed by atoms with Crippen molar-refractivity contribution in [3.8, 4) is 11.5 Å². The highest BCUT2D eigenvalue weighted by Gasteiger charge is 2.47. The van der Waals surface area contributed by atoms with Gasteiger partial charge in [0, 0.05) is 23.4 Å². The lowest BCUT2D eigenvalue weighted by Crippen LogP contribution is -2.29. The van der Waals surface area contributed by atoms with Crippen LogP contribution in [-0.4, -0.2) is 35.4 Å². The summed E-state index contributed by atoms with van der Waals surface area (Å²) in [5.74, 6) is -1.36. The monoisotopic (exact) mass is 502 g/mol. The molecule has 9 nitrogen and oxygen atoms in total. The number of methoxy groups -OCH3 is 1. The van der Waals surface area contributed by atoms with Crippen molar-refractivity contribution in [2.45, 2.75) is 26.8 Å². The Hall–Kier alpha value is -4.66. The standard InChI is InChI=1S/C28H26N2O7/c1-5-37-23-15-18(10-12-22(23)36-4)25-24(26(31)19-7-6-8-21(14-19)30(34)35)27(32)28(33)29(25)20-11-9-16(2)17(3)13-20/h6-15,25,31H,5H2,1-4H3/b26-24+. The summed E-state index contributed by atoms with van der Waals surface area (Å²) in [5, 5.41) is 22.6. The molecule has 0 bridgehead atoms. The van der Waals surface area contributed by atoms with E-state index in [1.54, 1.807) is 30.3 Å². The molecule has 190 valence electrons. The number of nitrogens with zero attached hydrogens (tertiary/aromatic N) is 2. The van der Waals surface area contributed by atoms with E-state index in [2.05, 4.69) is 0 Å². The highest BCUT2D eigenvalue weighted by atomic mass is 16.6. The average Bonchev–Trinajstić information content (AvgIpc) is 3.15. The summed E-state index contributed by atoms with van der Waals surface area (Å²) < 4.78 is 11.1. The first-order chi connectivity index (χ1) is 17.7. The van der Waals surface area contributed by atoms with Crippen LogP contribution in [0.1, 0.15) is 35.2 Å². The minimum Gasteiger partial charge on any atom is -0.507 e. The number of anilines is 1. The predicted octanol–water partition coefficient (Wildman–Crippen LogP) is 5.25. The van der Waals surface area contributed by atoms with Crippen molar-refractivity contribution in [3.63, 3.8) is 0 Å². The smallest absolute Gasteiger partial charge is 0.300 e. The second-order valence-corrected chi connectivity index (χ2v) is 8.59. The average molecular weight is 503 g/mol. The molecular weight excluding hydrogens is 476 g/mol. The lowest BCUT2D eigenvalue weighted by molar-refractivity contribution is -0.384. The Morgan fingerprint density at radius 2 is 1.78 bits per heavy atom. The van der Waals surface area contributed by atoms with Crippen LogP contribution in [0, 0.1) is 24.0 Å². The molecule has 4 rings (SSSR count). The number of ether oxygens (including phenoxy) is 2. The minimum atomic E-state index is -1.02. The van der Waals surface area contributed by atoms with E-state index in [-0.39, 0.29) is 16.8 Å². The van der Waals surface area contributed by atoms with Crippen LogP contribution in [0.25, 0.3) is 5.76 Å². The first-order valence-electron chi connectivity index (χ1n) is 11.6. The molecule has 0 radical (unpaired) electrons. The summed E-state index contributed by atoms with van der Waals surface area (Å²) in [5.41, 5.74) is 2.51. The van der Waals surface area contributed by atoms with Gasteiger partial charge in [-0.25, -0.2) is 0 Å². The molecule has 1 heterocycles. The third-order valence-corrected chi connectivity index (χ3v) is 6.35. The van der Waals surface area contributed by atoms with Crippen LogP contribution in [0.4, 0.5) is 11.4 Å². The second-order valence-electron chi connectivity index (χ2n) is 8.59. The Bertz CT molecular complexity index is 1440. The number of Topliss-reactive ketones (excluding diaryl/α,β-unsaturated/α-hetero) is 1. The van der Waals surface area contributed by atoms with E-state index in [0.29, 0.717) is 29.4 Å². The lowest BCUT2D eigenvalue weighted by atomic mass is 9.94. The molecule has 0 aromatic heterocycles. The Morgan fingerprint density at radius 1 is 1.03 bits per heavy atom. The number of carbonyl (C=O) groups is 2. The summed E-state index contributed by atoms with van der Waals surface area (Å²) in [6.07, 6.45) is 0. The van der Waals surface area contributed by atoms with Gasteiger partial charge in [-0.1, -0.05) is 24.3 Å². The minimum absolute atomic E-state index is 0.0517. The molecular formula is C28H26N2O7. The Kier molecular flexibility index (Phi) is 6.97. The zero-order valence-corrected chi connectivity index (χ0v) is 20.8. The van der Waals surface area contributed by atoms with Gasteiger partial charge in [0.15, 0.2) is 11.5 Å². The molecule has 1 atom stereocenters. The van der Waals surface area contributed by atoms with E-state index < -0.39 is 28.4 Å². The number of amides is 1. The highest BCUT2D eigenvalue weighted by Crippen LogP contribution is 2.44. The van der Waals surface area contributed by atoms with Crippen LogP contribution in [-0.2, 0) is 9.59 Å². The van der Waals surface area contributed by atoms with Crippen LogP contribution in [0.15, 0.2) is 66.2 Å². The number of aliphatic hydroxyl groups excluding tert-OH is 1. The van der Waals surface area contributed by atoms with Crippen molar-refractivity contribution < 1.29 is 29.1 Å². The van der Waals surface area contributed by atoms with Crippen molar-refractivity contribution in [3.05, 3.63) is 98.6 Å². The van der Waals surface area contributed by atoms with Gasteiger partial charge in [0.25, 0.3) is 17.4 Å². The Labute approximate surface area is 213 Å². The quantitative estimate of drug-likeness (QED) is 0.154. The zero-order chi connectivity index (χ0) is 26.9. The number of nitro benzene ring substituents is 1. The molecule has 1 fully saturated rings. The molecule has 0 saturated carbocycles. The highest BCUT2D eigenvalue weighted by molar-refractivity contribution is 6.51. The van der Waals surface area contributed by atoms with Crippen LogP contribution in [0.2, 0.25) is 0 Å². The van der Waals surface area contributed by atoms with Gasteiger partial charge in [-0.2, -0.15) is 0 Å². The van der Waals surface area contributed by atoms with Gasteiger partial charge in [0.1, 0.15) is 5.76 Å². The molecule has 37 heavy (non-hydrogen) atoms. The molecule has 0 spiro atoms. The number of ketones is 1. The molecule has 0 aliphatic carbocycles. The van der Waals surface area contributed by atoms with Gasteiger partial charge < -0.3 is 14.6 Å². The molecule has 1 aliphatic rings. The van der Waals surface area contributed by atoms with E-state index in [4.69, 9.17) is 9.47 Å². The predicted molar refractivity (Wildman–Crippen MR) is 138 cm³/mol. The van der Waals surface area contributed by atoms with Crippen molar-refractivity contribution in [2.24, 2.45) is 0 Å². The zero-order valence-electron chi connectivity index (χ0n) is 20.8. The fraction of sp³-hybridized carbons (Fsp3) is 0.214. The Balaban J connectivity index is 1.98. The number of hydrogen-bond donors (Lipinski definition) is 1. The number of nitro groups is 1. The van der Waals surface area contributed by atoms with Gasteiger partial charge in [0.05, 0.1) is 30.3 Å². The van der Waals surface area contributed by atoms with Crippen LogP contribution in [0.5, 0.6) is 11.5 Å². The molecule has 1 aliphatic heterocycles. The van der Waals surface area contributed by atoms with Crippen molar-refractivity contribution in [2.75, 3.05) is 18.6 Å². The number of benzene rings is 3. The molecule has 3 aromatic carbocycles. The molecule has 3 aromatic rings. The molecule has 9 heteroatoms. The maximum atomic E-state index is 13.4. The summed E-state index contributed by atoms with van der Waals surface area (Å²) in [4.78, 5) is 38.8. The summed E-state index contributed by atoms with van der Waals surface area (Å²) in [6, 6.07) is 14.7. The summed E-state index contributed by atoms with van der Waals surface area (Å²) in [7, 11) is 1.50. The van der Waals surface area contributed by atoms with Gasteiger partial charge in [-0.3, -0.25) is 24.6 Å². The third-order valence-electron chi connectivity index (χ3n) is 6.35. The first kappa shape index (κ1) is 25.4. The number of aryl methyl sites for hydroxylation is 2. The third kappa shape index (κ3) is 4.63. The van der Waals surface area contributed by atoms with Crippen LogP contribution >= 0.6 is 0 Å². The first-order valence-corrected chi connectivity index (χ1v) is 11.6. The van der Waals surface area contributed by atoms with Gasteiger partial charge >= 0.3 is 0 Å². The Morgan fingerprint density at radius 3 is 2.43 bits per heavy atom. The van der Waals surface area contributed by atoms with Gasteiger partial charge in [-0.05, 0) is 61.7 Å². The largest absolute Gasteiger partial charge is 0.507 e. The van der Waals surface area contributed by atoms with Crippen molar-refractivity contribution in [1.29, 1.82) is 0 Å². The van der Waals surface area contributed by atoms with Crippen molar-refractivity contribution in [1.82, 2.24) is 0 Å². The van der Waals surface area contributed by atoms with Crippen molar-refractivity contribution >= 4 is 28.8 Å². The van der Waals surface area contributed by atoms with Crippen LogP contribution < -0.4 is 14.4 Å². The summed E-state index contributed by atoms with van der Waals surface area (Å²) in [6.45, 7) is 6.00.